The van der Waals surface area contributed by atoms with Crippen molar-refractivity contribution in [3.8, 4) is 0 Å². The Morgan fingerprint density at radius 1 is 1.30 bits per heavy atom. The van der Waals surface area contributed by atoms with Gasteiger partial charge in [0.1, 0.15) is 0 Å². The molecule has 1 saturated carbocycles. The second kappa shape index (κ2) is 2.89. The van der Waals surface area contributed by atoms with Crippen molar-refractivity contribution in [2.75, 3.05) is 0 Å². The van der Waals surface area contributed by atoms with Crippen LogP contribution in [0.2, 0.25) is 0 Å². The minimum atomic E-state index is -0.823. The molecule has 0 spiro atoms. The van der Waals surface area contributed by atoms with E-state index in [0.717, 1.165) is 32.1 Å². The summed E-state index contributed by atoms with van der Waals surface area (Å²) in [4.78, 5) is 0. The predicted molar refractivity (Wildman–Crippen MR) is 39.7 cm³/mol. The summed E-state index contributed by atoms with van der Waals surface area (Å²) in [5, 5.41) is 18.9. The zero-order chi connectivity index (χ0) is 7.61. The molecule has 0 amide bonds. The van der Waals surface area contributed by atoms with Gasteiger partial charge in [-0.15, -0.1) is 0 Å². The Balaban J connectivity index is 2.52. The fourth-order valence-electron chi connectivity index (χ4n) is 1.47. The maximum absolute atomic E-state index is 9.57. The number of hydrogen-bond acceptors (Lipinski definition) is 2. The molecule has 0 aromatic carbocycles. The molecule has 1 aliphatic rings. The van der Waals surface area contributed by atoms with Gasteiger partial charge in [0, 0.05) is 0 Å². The molecule has 0 aromatic heterocycles. The van der Waals surface area contributed by atoms with Gasteiger partial charge in [-0.05, 0) is 19.8 Å². The molecule has 0 unspecified atom stereocenters. The summed E-state index contributed by atoms with van der Waals surface area (Å²) in [5.41, 5.74) is -0.823. The van der Waals surface area contributed by atoms with E-state index >= 15 is 0 Å². The molecule has 0 heterocycles. The van der Waals surface area contributed by atoms with Crippen molar-refractivity contribution < 1.29 is 10.2 Å². The van der Waals surface area contributed by atoms with Gasteiger partial charge in [0.2, 0.25) is 0 Å². The molecule has 10 heavy (non-hydrogen) atoms. The summed E-state index contributed by atoms with van der Waals surface area (Å²) in [6, 6.07) is 0. The molecule has 2 atom stereocenters. The van der Waals surface area contributed by atoms with Crippen molar-refractivity contribution in [3.63, 3.8) is 0 Å². The predicted octanol–water partition coefficient (Wildman–Crippen LogP) is 1.06. The Morgan fingerprint density at radius 3 is 2.70 bits per heavy atom. The van der Waals surface area contributed by atoms with Gasteiger partial charge < -0.3 is 10.2 Å². The van der Waals surface area contributed by atoms with Crippen LogP contribution in [0, 0.1) is 0 Å². The van der Waals surface area contributed by atoms with Crippen LogP contribution in [0.3, 0.4) is 0 Å². The van der Waals surface area contributed by atoms with Gasteiger partial charge in [0.15, 0.2) is 0 Å². The average molecular weight is 144 g/mol. The van der Waals surface area contributed by atoms with Crippen molar-refractivity contribution in [2.24, 2.45) is 0 Å². The minimum absolute atomic E-state index is 0.505. The molecular formula is C8H16O2. The summed E-state index contributed by atoms with van der Waals surface area (Å²) in [6.45, 7) is 1.73. The highest BCUT2D eigenvalue weighted by atomic mass is 16.3. The highest BCUT2D eigenvalue weighted by Gasteiger charge is 2.30. The lowest BCUT2D eigenvalue weighted by atomic mass is 9.94. The normalized spacial score (nSPS) is 42.9. The summed E-state index contributed by atoms with van der Waals surface area (Å²) in [6.07, 6.45) is 4.24. The Kier molecular flexibility index (Phi) is 2.32. The molecular weight excluding hydrogens is 128 g/mol. The van der Waals surface area contributed by atoms with Crippen LogP contribution in [0.25, 0.3) is 0 Å². The van der Waals surface area contributed by atoms with Crippen LogP contribution in [0.5, 0.6) is 0 Å². The van der Waals surface area contributed by atoms with Gasteiger partial charge in [-0.25, -0.2) is 0 Å². The SMILES string of the molecule is C[C@]1(O)CCCCC[C@H]1O. The highest BCUT2D eigenvalue weighted by molar-refractivity contribution is 4.83. The summed E-state index contributed by atoms with van der Waals surface area (Å²) >= 11 is 0. The van der Waals surface area contributed by atoms with Crippen molar-refractivity contribution in [2.45, 2.75) is 50.7 Å². The Labute approximate surface area is 61.9 Å². The zero-order valence-corrected chi connectivity index (χ0v) is 6.51. The largest absolute Gasteiger partial charge is 0.390 e. The van der Waals surface area contributed by atoms with E-state index in [4.69, 9.17) is 0 Å². The van der Waals surface area contributed by atoms with Crippen LogP contribution in [0.15, 0.2) is 0 Å². The minimum Gasteiger partial charge on any atom is -0.390 e. The monoisotopic (exact) mass is 144 g/mol. The van der Waals surface area contributed by atoms with Gasteiger partial charge in [-0.2, -0.15) is 0 Å². The first-order valence-corrected chi connectivity index (χ1v) is 4.03. The van der Waals surface area contributed by atoms with Crippen molar-refractivity contribution in [1.29, 1.82) is 0 Å². The van der Waals surface area contributed by atoms with Crippen LogP contribution in [0.1, 0.15) is 39.0 Å². The van der Waals surface area contributed by atoms with Crippen molar-refractivity contribution in [1.82, 2.24) is 0 Å². The summed E-state index contributed by atoms with van der Waals surface area (Å²) in [7, 11) is 0. The second-order valence-electron chi connectivity index (χ2n) is 3.47. The molecule has 2 heteroatoms. The van der Waals surface area contributed by atoms with E-state index < -0.39 is 11.7 Å². The van der Waals surface area contributed by atoms with Crippen LogP contribution >= 0.6 is 0 Å². The van der Waals surface area contributed by atoms with E-state index in [1.165, 1.54) is 0 Å². The van der Waals surface area contributed by atoms with Gasteiger partial charge in [0.25, 0.3) is 0 Å². The van der Waals surface area contributed by atoms with E-state index in [-0.39, 0.29) is 0 Å². The maximum atomic E-state index is 9.57. The molecule has 1 fully saturated rings. The zero-order valence-electron chi connectivity index (χ0n) is 6.51. The van der Waals surface area contributed by atoms with E-state index in [1.807, 2.05) is 0 Å². The molecule has 1 aliphatic carbocycles. The van der Waals surface area contributed by atoms with E-state index in [0.29, 0.717) is 0 Å². The first-order valence-electron chi connectivity index (χ1n) is 4.03. The molecule has 60 valence electrons. The topological polar surface area (TPSA) is 40.5 Å². The molecule has 2 N–H and O–H groups in total. The molecule has 1 rings (SSSR count). The molecule has 0 saturated heterocycles. The molecule has 0 bridgehead atoms. The van der Waals surface area contributed by atoms with E-state index in [2.05, 4.69) is 0 Å². The van der Waals surface area contributed by atoms with Gasteiger partial charge in [0.05, 0.1) is 11.7 Å². The summed E-state index contributed by atoms with van der Waals surface area (Å²) < 4.78 is 0. The van der Waals surface area contributed by atoms with Crippen LogP contribution < -0.4 is 0 Å². The number of rotatable bonds is 0. The first kappa shape index (κ1) is 8.02. The second-order valence-corrected chi connectivity index (χ2v) is 3.47. The molecule has 2 nitrogen and oxygen atoms in total. The van der Waals surface area contributed by atoms with E-state index in [1.54, 1.807) is 6.92 Å². The van der Waals surface area contributed by atoms with E-state index in [9.17, 15) is 10.2 Å². The van der Waals surface area contributed by atoms with Crippen molar-refractivity contribution in [3.05, 3.63) is 0 Å². The lowest BCUT2D eigenvalue weighted by Crippen LogP contribution is -2.37. The maximum Gasteiger partial charge on any atom is 0.0877 e. The fourth-order valence-corrected chi connectivity index (χ4v) is 1.47. The number of hydrogen-bond donors (Lipinski definition) is 2. The quantitative estimate of drug-likeness (QED) is 0.499. The average Bonchev–Trinajstić information content (AvgIpc) is 1.96. The lowest BCUT2D eigenvalue weighted by molar-refractivity contribution is -0.0649. The Morgan fingerprint density at radius 2 is 2.00 bits per heavy atom. The number of aliphatic hydroxyl groups is 2. The molecule has 0 radical (unpaired) electrons. The van der Waals surface area contributed by atoms with Gasteiger partial charge >= 0.3 is 0 Å². The Bertz CT molecular complexity index is 110. The van der Waals surface area contributed by atoms with Crippen LogP contribution in [0.4, 0.5) is 0 Å². The fraction of sp³-hybridized carbons (Fsp3) is 1.00. The highest BCUT2D eigenvalue weighted by Crippen LogP contribution is 2.26. The molecule has 0 aromatic rings. The third-order valence-electron chi connectivity index (χ3n) is 2.38. The first-order chi connectivity index (χ1) is 4.63. The third kappa shape index (κ3) is 1.70. The summed E-state index contributed by atoms with van der Waals surface area (Å²) in [5.74, 6) is 0. The van der Waals surface area contributed by atoms with Crippen LogP contribution in [-0.2, 0) is 0 Å². The van der Waals surface area contributed by atoms with Crippen molar-refractivity contribution >= 4 is 0 Å². The standard InChI is InChI=1S/C8H16O2/c1-8(10)6-4-2-3-5-7(8)9/h7,9-10H,2-6H2,1H3/t7-,8+/m1/s1. The van der Waals surface area contributed by atoms with Gasteiger partial charge in [-0.3, -0.25) is 0 Å². The van der Waals surface area contributed by atoms with Gasteiger partial charge in [-0.1, -0.05) is 19.3 Å². The smallest absolute Gasteiger partial charge is 0.0877 e. The number of aliphatic hydroxyl groups excluding tert-OH is 1. The Hall–Kier alpha value is -0.0800. The molecule has 0 aliphatic heterocycles. The lowest BCUT2D eigenvalue weighted by Gasteiger charge is -2.26. The third-order valence-corrected chi connectivity index (χ3v) is 2.38. The van der Waals surface area contributed by atoms with Crippen LogP contribution in [-0.4, -0.2) is 21.9 Å².